The summed E-state index contributed by atoms with van der Waals surface area (Å²) >= 11 is 14.2. The highest BCUT2D eigenvalue weighted by Crippen LogP contribution is 2.30. The molecule has 0 radical (unpaired) electrons. The largest absolute Gasteiger partial charge is 0.332 e. The molecule has 8 heteroatoms. The van der Waals surface area contributed by atoms with E-state index in [2.05, 4.69) is 32.2 Å². The summed E-state index contributed by atoms with van der Waals surface area (Å²) < 4.78 is 0. The number of carbonyl (C=O) groups is 2. The molecule has 0 spiro atoms. The van der Waals surface area contributed by atoms with Crippen LogP contribution in [-0.2, 0) is 17.9 Å². The Bertz CT molecular complexity index is 1120. The van der Waals surface area contributed by atoms with Crippen molar-refractivity contribution < 1.29 is 9.59 Å². The van der Waals surface area contributed by atoms with Crippen LogP contribution in [0.3, 0.4) is 0 Å². The average Bonchev–Trinajstić information content (AvgIpc) is 3.25. The second-order valence-corrected chi connectivity index (χ2v) is 10.9. The predicted octanol–water partition coefficient (Wildman–Crippen LogP) is 7.47. The molecule has 1 aromatic heterocycles. The van der Waals surface area contributed by atoms with Gasteiger partial charge in [-0.05, 0) is 42.7 Å². The van der Waals surface area contributed by atoms with Gasteiger partial charge in [-0.3, -0.25) is 4.79 Å². The third-order valence-corrected chi connectivity index (χ3v) is 7.36. The van der Waals surface area contributed by atoms with Gasteiger partial charge in [0.2, 0.25) is 5.91 Å². The number of benzene rings is 2. The lowest BCUT2D eigenvalue weighted by Gasteiger charge is -2.29. The normalized spacial score (nSPS) is 11.7. The van der Waals surface area contributed by atoms with Gasteiger partial charge >= 0.3 is 6.03 Å². The summed E-state index contributed by atoms with van der Waals surface area (Å²) in [4.78, 5) is 32.5. The first-order valence-corrected chi connectivity index (χ1v) is 13.2. The van der Waals surface area contributed by atoms with Crippen molar-refractivity contribution >= 4 is 52.2 Å². The highest BCUT2D eigenvalue weighted by molar-refractivity contribution is 7.11. The van der Waals surface area contributed by atoms with Gasteiger partial charge in [0.1, 0.15) is 6.54 Å². The molecule has 0 aliphatic heterocycles. The Kier molecular flexibility index (Phi) is 10.0. The minimum atomic E-state index is -0.403. The van der Waals surface area contributed by atoms with E-state index in [-0.39, 0.29) is 18.4 Å². The molecular weight excluding hydrogens is 501 g/mol. The summed E-state index contributed by atoms with van der Waals surface area (Å²) in [5, 5.41) is 3.50. The van der Waals surface area contributed by atoms with E-state index in [1.165, 1.54) is 4.88 Å². The van der Waals surface area contributed by atoms with E-state index in [1.807, 2.05) is 36.4 Å². The molecule has 1 atom stereocenters. The SMILES string of the molecule is CCC(C)CN(CC(=O)N(Cc1ccccc1)Cc1ccc(C)s1)C(=O)Nc1c(Cl)cccc1Cl. The van der Waals surface area contributed by atoms with E-state index in [0.717, 1.165) is 16.9 Å². The fourth-order valence-electron chi connectivity index (χ4n) is 3.59. The van der Waals surface area contributed by atoms with Crippen molar-refractivity contribution in [1.29, 1.82) is 0 Å². The molecule has 186 valence electrons. The molecule has 0 saturated carbocycles. The number of urea groups is 1. The molecule has 3 amide bonds. The van der Waals surface area contributed by atoms with Crippen LogP contribution in [-0.4, -0.2) is 34.8 Å². The fourth-order valence-corrected chi connectivity index (χ4v) is 4.98. The molecule has 0 saturated heterocycles. The van der Waals surface area contributed by atoms with E-state index < -0.39 is 6.03 Å². The monoisotopic (exact) mass is 531 g/mol. The summed E-state index contributed by atoms with van der Waals surface area (Å²) in [5.41, 5.74) is 1.38. The molecule has 3 aromatic rings. The van der Waals surface area contributed by atoms with Gasteiger partial charge in [0.15, 0.2) is 0 Å². The Morgan fingerprint density at radius 1 is 0.943 bits per heavy atom. The van der Waals surface area contributed by atoms with Gasteiger partial charge in [-0.25, -0.2) is 4.79 Å². The lowest BCUT2D eigenvalue weighted by atomic mass is 10.1. The van der Waals surface area contributed by atoms with Crippen molar-refractivity contribution in [2.45, 2.75) is 40.3 Å². The van der Waals surface area contributed by atoms with Crippen molar-refractivity contribution in [3.05, 3.63) is 86.0 Å². The zero-order valence-electron chi connectivity index (χ0n) is 20.3. The second-order valence-electron chi connectivity index (χ2n) is 8.67. The molecule has 35 heavy (non-hydrogen) atoms. The average molecular weight is 533 g/mol. The minimum absolute atomic E-state index is 0.0462. The third-order valence-electron chi connectivity index (χ3n) is 5.75. The van der Waals surface area contributed by atoms with Gasteiger partial charge in [0, 0.05) is 22.8 Å². The number of carbonyl (C=O) groups excluding carboxylic acids is 2. The Hall–Kier alpha value is -2.54. The number of para-hydroxylation sites is 1. The van der Waals surface area contributed by atoms with Crippen LogP contribution in [0.15, 0.2) is 60.7 Å². The molecule has 0 bridgehead atoms. The lowest BCUT2D eigenvalue weighted by Crippen LogP contribution is -2.45. The highest BCUT2D eigenvalue weighted by atomic mass is 35.5. The summed E-state index contributed by atoms with van der Waals surface area (Å²) in [7, 11) is 0. The van der Waals surface area contributed by atoms with Crippen LogP contribution in [0.25, 0.3) is 0 Å². The molecule has 2 aromatic carbocycles. The van der Waals surface area contributed by atoms with Gasteiger partial charge in [0.05, 0.1) is 22.3 Å². The molecule has 0 aliphatic rings. The second kappa shape index (κ2) is 13.0. The quantitative estimate of drug-likeness (QED) is 0.295. The lowest BCUT2D eigenvalue weighted by molar-refractivity contribution is -0.133. The number of rotatable bonds is 10. The first-order valence-electron chi connectivity index (χ1n) is 11.6. The van der Waals surface area contributed by atoms with Crippen LogP contribution in [0.4, 0.5) is 10.5 Å². The van der Waals surface area contributed by atoms with Crippen molar-refractivity contribution in [2.24, 2.45) is 5.92 Å². The van der Waals surface area contributed by atoms with Crippen molar-refractivity contribution in [3.63, 3.8) is 0 Å². The Morgan fingerprint density at radius 2 is 1.63 bits per heavy atom. The zero-order valence-corrected chi connectivity index (χ0v) is 22.6. The summed E-state index contributed by atoms with van der Waals surface area (Å²) in [6.45, 7) is 7.52. The number of hydrogen-bond donors (Lipinski definition) is 1. The van der Waals surface area contributed by atoms with Crippen LogP contribution in [0.5, 0.6) is 0 Å². The topological polar surface area (TPSA) is 52.7 Å². The molecule has 3 rings (SSSR count). The first kappa shape index (κ1) is 27.1. The molecule has 1 N–H and O–H groups in total. The maximum atomic E-state index is 13.6. The molecular formula is C27H31Cl2N3O2S. The zero-order chi connectivity index (χ0) is 25.4. The van der Waals surface area contributed by atoms with Gasteiger partial charge in [-0.2, -0.15) is 0 Å². The van der Waals surface area contributed by atoms with Gasteiger partial charge in [0.25, 0.3) is 0 Å². The maximum Gasteiger partial charge on any atom is 0.322 e. The minimum Gasteiger partial charge on any atom is -0.332 e. The number of halogens is 2. The summed E-state index contributed by atoms with van der Waals surface area (Å²) in [5.74, 6) is 0.0985. The van der Waals surface area contributed by atoms with E-state index in [0.29, 0.717) is 35.4 Å². The van der Waals surface area contributed by atoms with Crippen molar-refractivity contribution in [1.82, 2.24) is 9.80 Å². The van der Waals surface area contributed by atoms with E-state index >= 15 is 0 Å². The van der Waals surface area contributed by atoms with E-state index in [9.17, 15) is 9.59 Å². The number of nitrogens with zero attached hydrogens (tertiary/aromatic N) is 2. The fraction of sp³-hybridized carbons (Fsp3) is 0.333. The maximum absolute atomic E-state index is 13.6. The standard InChI is InChI=1S/C27H31Cl2N3O2S/c1-4-19(2)15-32(27(34)30-26-23(28)11-8-12-24(26)29)18-25(33)31(16-21-9-6-5-7-10-21)17-22-14-13-20(3)35-22/h5-14,19H,4,15-18H2,1-3H3,(H,30,34). The molecule has 0 fully saturated rings. The number of thiophene rings is 1. The van der Waals surface area contributed by atoms with Gasteiger partial charge in [-0.15, -0.1) is 11.3 Å². The van der Waals surface area contributed by atoms with E-state index in [4.69, 9.17) is 23.2 Å². The van der Waals surface area contributed by atoms with Gasteiger partial charge < -0.3 is 15.1 Å². The molecule has 5 nitrogen and oxygen atoms in total. The Labute approximate surface area is 221 Å². The Morgan fingerprint density at radius 3 is 2.23 bits per heavy atom. The van der Waals surface area contributed by atoms with Crippen LogP contribution in [0.1, 0.15) is 35.6 Å². The smallest absolute Gasteiger partial charge is 0.322 e. The predicted molar refractivity (Wildman–Crippen MR) is 146 cm³/mol. The van der Waals surface area contributed by atoms with Crippen LogP contribution in [0.2, 0.25) is 10.0 Å². The van der Waals surface area contributed by atoms with Crippen LogP contribution >= 0.6 is 34.5 Å². The van der Waals surface area contributed by atoms with Gasteiger partial charge in [-0.1, -0.05) is 79.9 Å². The van der Waals surface area contributed by atoms with E-state index in [1.54, 1.807) is 39.3 Å². The number of anilines is 1. The van der Waals surface area contributed by atoms with Crippen molar-refractivity contribution in [2.75, 3.05) is 18.4 Å². The third kappa shape index (κ3) is 7.99. The number of aryl methyl sites for hydroxylation is 1. The molecule has 0 aliphatic carbocycles. The molecule has 1 heterocycles. The highest BCUT2D eigenvalue weighted by Gasteiger charge is 2.24. The first-order chi connectivity index (χ1) is 16.8. The summed E-state index contributed by atoms with van der Waals surface area (Å²) in [6.07, 6.45) is 0.882. The van der Waals surface area contributed by atoms with Crippen molar-refractivity contribution in [3.8, 4) is 0 Å². The number of hydrogen-bond acceptors (Lipinski definition) is 3. The van der Waals surface area contributed by atoms with Crippen LogP contribution < -0.4 is 5.32 Å². The molecule has 1 unspecified atom stereocenters. The Balaban J connectivity index is 1.81. The van der Waals surface area contributed by atoms with Crippen LogP contribution in [0, 0.1) is 12.8 Å². The number of nitrogens with one attached hydrogen (secondary N) is 1. The number of amides is 3. The summed E-state index contributed by atoms with van der Waals surface area (Å²) in [6, 6.07) is 18.6.